The van der Waals surface area contributed by atoms with E-state index in [1.165, 1.54) is 16.0 Å². The Morgan fingerprint density at radius 2 is 2.00 bits per heavy atom. The van der Waals surface area contributed by atoms with Gasteiger partial charge in [-0.1, -0.05) is 24.3 Å². The summed E-state index contributed by atoms with van der Waals surface area (Å²) in [5.74, 6) is 0. The Bertz CT molecular complexity index is 496. The van der Waals surface area contributed by atoms with Crippen molar-refractivity contribution in [2.45, 2.75) is 26.6 Å². The monoisotopic (exact) mass is 262 g/mol. The molecule has 96 valence electrons. The zero-order chi connectivity index (χ0) is 12.8. The predicted octanol–water partition coefficient (Wildman–Crippen LogP) is 2.89. The first-order valence-corrected chi connectivity index (χ1v) is 6.84. The molecular formula is C14H18N2OS. The molecule has 0 radical (unpaired) electrons. The van der Waals surface area contributed by atoms with Gasteiger partial charge in [-0.25, -0.2) is 4.98 Å². The molecule has 0 atom stereocenters. The molecule has 2 aromatic rings. The van der Waals surface area contributed by atoms with Crippen molar-refractivity contribution in [1.82, 2.24) is 10.3 Å². The van der Waals surface area contributed by atoms with Gasteiger partial charge in [-0.15, -0.1) is 11.3 Å². The molecule has 1 heterocycles. The van der Waals surface area contributed by atoms with E-state index < -0.39 is 0 Å². The zero-order valence-corrected chi connectivity index (χ0v) is 11.6. The molecule has 0 aliphatic rings. The molecule has 0 saturated heterocycles. The largest absolute Gasteiger partial charge is 0.380 e. The number of rotatable bonds is 6. The maximum Gasteiger partial charge on any atom is 0.0798 e. The van der Waals surface area contributed by atoms with E-state index in [0.29, 0.717) is 6.61 Å². The Morgan fingerprint density at radius 1 is 1.22 bits per heavy atom. The Labute approximate surface area is 112 Å². The van der Waals surface area contributed by atoms with Crippen LogP contribution in [0.3, 0.4) is 0 Å². The van der Waals surface area contributed by atoms with Gasteiger partial charge in [0.15, 0.2) is 0 Å². The molecule has 0 saturated carbocycles. The van der Waals surface area contributed by atoms with E-state index in [4.69, 9.17) is 4.74 Å². The van der Waals surface area contributed by atoms with E-state index >= 15 is 0 Å². The molecular weight excluding hydrogens is 244 g/mol. The fourth-order valence-corrected chi connectivity index (χ4v) is 2.58. The number of thiazole rings is 1. The third-order valence-corrected chi connectivity index (χ3v) is 3.80. The summed E-state index contributed by atoms with van der Waals surface area (Å²) in [7, 11) is 1.73. The van der Waals surface area contributed by atoms with E-state index in [-0.39, 0.29) is 0 Å². The number of nitrogens with zero attached hydrogens (tertiary/aromatic N) is 1. The highest BCUT2D eigenvalue weighted by atomic mass is 32.1. The second kappa shape index (κ2) is 6.64. The second-order valence-corrected chi connectivity index (χ2v) is 5.11. The smallest absolute Gasteiger partial charge is 0.0798 e. The molecule has 0 fully saturated rings. The van der Waals surface area contributed by atoms with E-state index in [1.807, 2.05) is 18.5 Å². The Hall–Kier alpha value is -1.23. The number of nitrogens with one attached hydrogen (secondary N) is 1. The molecule has 0 amide bonds. The maximum absolute atomic E-state index is 5.20. The highest BCUT2D eigenvalue weighted by Gasteiger charge is 2.03. The lowest BCUT2D eigenvalue weighted by molar-refractivity contribution is 0.184. The Kier molecular flexibility index (Phi) is 4.87. The molecule has 2 rings (SSSR count). The SMILES string of the molecule is COCc1ccccc1CNCc1scnc1C. The lowest BCUT2D eigenvalue weighted by Crippen LogP contribution is -2.14. The van der Waals surface area contributed by atoms with Gasteiger partial charge in [-0.2, -0.15) is 0 Å². The van der Waals surface area contributed by atoms with Crippen LogP contribution in [0.4, 0.5) is 0 Å². The summed E-state index contributed by atoms with van der Waals surface area (Å²) in [5, 5.41) is 3.46. The van der Waals surface area contributed by atoms with Crippen LogP contribution >= 0.6 is 11.3 Å². The molecule has 0 aliphatic heterocycles. The fraction of sp³-hybridized carbons (Fsp3) is 0.357. The van der Waals surface area contributed by atoms with Crippen LogP contribution in [0.15, 0.2) is 29.8 Å². The van der Waals surface area contributed by atoms with Crippen LogP contribution in [-0.2, 0) is 24.4 Å². The molecule has 1 N–H and O–H groups in total. The molecule has 4 heteroatoms. The van der Waals surface area contributed by atoms with Gasteiger partial charge < -0.3 is 10.1 Å². The van der Waals surface area contributed by atoms with Gasteiger partial charge in [-0.05, 0) is 18.1 Å². The number of hydrogen-bond donors (Lipinski definition) is 1. The summed E-state index contributed by atoms with van der Waals surface area (Å²) in [6.45, 7) is 4.44. The second-order valence-electron chi connectivity index (χ2n) is 4.17. The Balaban J connectivity index is 1.92. The third-order valence-electron chi connectivity index (χ3n) is 2.86. The van der Waals surface area contributed by atoms with Gasteiger partial charge in [0.25, 0.3) is 0 Å². The molecule has 0 spiro atoms. The predicted molar refractivity (Wildman–Crippen MR) is 74.5 cm³/mol. The minimum Gasteiger partial charge on any atom is -0.380 e. The van der Waals surface area contributed by atoms with E-state index in [2.05, 4.69) is 28.5 Å². The quantitative estimate of drug-likeness (QED) is 0.869. The molecule has 1 aromatic carbocycles. The van der Waals surface area contributed by atoms with E-state index in [0.717, 1.165) is 18.8 Å². The maximum atomic E-state index is 5.20. The van der Waals surface area contributed by atoms with Crippen molar-refractivity contribution in [3.8, 4) is 0 Å². The van der Waals surface area contributed by atoms with Crippen molar-refractivity contribution in [1.29, 1.82) is 0 Å². The minimum absolute atomic E-state index is 0.664. The van der Waals surface area contributed by atoms with Crippen LogP contribution in [0.5, 0.6) is 0 Å². The normalized spacial score (nSPS) is 10.8. The lowest BCUT2D eigenvalue weighted by atomic mass is 10.1. The number of benzene rings is 1. The zero-order valence-electron chi connectivity index (χ0n) is 10.8. The lowest BCUT2D eigenvalue weighted by Gasteiger charge is -2.09. The summed E-state index contributed by atoms with van der Waals surface area (Å²) in [4.78, 5) is 5.55. The number of hydrogen-bond acceptors (Lipinski definition) is 4. The van der Waals surface area contributed by atoms with Crippen LogP contribution < -0.4 is 5.32 Å². The van der Waals surface area contributed by atoms with Crippen molar-refractivity contribution in [2.75, 3.05) is 7.11 Å². The first-order valence-electron chi connectivity index (χ1n) is 5.96. The van der Waals surface area contributed by atoms with E-state index in [9.17, 15) is 0 Å². The highest BCUT2D eigenvalue weighted by molar-refractivity contribution is 7.09. The average molecular weight is 262 g/mol. The van der Waals surface area contributed by atoms with Gasteiger partial charge in [0.1, 0.15) is 0 Å². The standard InChI is InChI=1S/C14H18N2OS/c1-11-14(18-10-16-11)8-15-7-12-5-3-4-6-13(12)9-17-2/h3-6,10,15H,7-9H2,1-2H3. The van der Waals surface area contributed by atoms with Gasteiger partial charge in [0.05, 0.1) is 17.8 Å². The van der Waals surface area contributed by atoms with Crippen LogP contribution in [0.1, 0.15) is 21.7 Å². The van der Waals surface area contributed by atoms with Crippen LogP contribution in [0.25, 0.3) is 0 Å². The van der Waals surface area contributed by atoms with Crippen LogP contribution in [0.2, 0.25) is 0 Å². The molecule has 0 bridgehead atoms. The number of aromatic nitrogens is 1. The number of aryl methyl sites for hydroxylation is 1. The number of ether oxygens (including phenoxy) is 1. The number of methoxy groups -OCH3 is 1. The summed E-state index contributed by atoms with van der Waals surface area (Å²) >= 11 is 1.70. The van der Waals surface area contributed by atoms with E-state index in [1.54, 1.807) is 18.4 Å². The van der Waals surface area contributed by atoms with Crippen molar-refractivity contribution in [2.24, 2.45) is 0 Å². The highest BCUT2D eigenvalue weighted by Crippen LogP contribution is 2.13. The molecule has 18 heavy (non-hydrogen) atoms. The van der Waals surface area contributed by atoms with Crippen LogP contribution in [-0.4, -0.2) is 12.1 Å². The summed E-state index contributed by atoms with van der Waals surface area (Å²) in [5.41, 5.74) is 5.55. The first-order chi connectivity index (χ1) is 8.81. The first kappa shape index (κ1) is 13.2. The topological polar surface area (TPSA) is 34.1 Å². The summed E-state index contributed by atoms with van der Waals surface area (Å²) in [6, 6.07) is 8.36. The van der Waals surface area contributed by atoms with Crippen molar-refractivity contribution in [3.63, 3.8) is 0 Å². The molecule has 3 nitrogen and oxygen atoms in total. The van der Waals surface area contributed by atoms with Gasteiger partial charge in [0, 0.05) is 25.1 Å². The molecule has 0 unspecified atom stereocenters. The van der Waals surface area contributed by atoms with Crippen molar-refractivity contribution in [3.05, 3.63) is 51.5 Å². The summed E-state index contributed by atoms with van der Waals surface area (Å²) < 4.78 is 5.20. The van der Waals surface area contributed by atoms with Crippen LogP contribution in [0, 0.1) is 6.92 Å². The Morgan fingerprint density at radius 3 is 2.67 bits per heavy atom. The van der Waals surface area contributed by atoms with Gasteiger partial charge >= 0.3 is 0 Å². The molecule has 0 aliphatic carbocycles. The van der Waals surface area contributed by atoms with Crippen molar-refractivity contribution < 1.29 is 4.74 Å². The third kappa shape index (κ3) is 3.38. The fourth-order valence-electron chi connectivity index (χ4n) is 1.83. The van der Waals surface area contributed by atoms with Gasteiger partial charge in [0.2, 0.25) is 0 Å². The van der Waals surface area contributed by atoms with Gasteiger partial charge in [-0.3, -0.25) is 0 Å². The van der Waals surface area contributed by atoms with Crippen molar-refractivity contribution >= 4 is 11.3 Å². The minimum atomic E-state index is 0.664. The molecule has 1 aromatic heterocycles. The summed E-state index contributed by atoms with van der Waals surface area (Å²) in [6.07, 6.45) is 0. The average Bonchev–Trinajstić information content (AvgIpc) is 2.78.